The summed E-state index contributed by atoms with van der Waals surface area (Å²) in [6, 6.07) is 0. The van der Waals surface area contributed by atoms with Crippen molar-refractivity contribution in [1.82, 2.24) is 0 Å². The summed E-state index contributed by atoms with van der Waals surface area (Å²) in [5.41, 5.74) is 9.82. The lowest BCUT2D eigenvalue weighted by molar-refractivity contribution is -0.122. The lowest BCUT2D eigenvalue weighted by atomic mass is 9.97. The molecule has 0 saturated heterocycles. The van der Waals surface area contributed by atoms with Crippen molar-refractivity contribution >= 4 is 17.7 Å². The Balaban J connectivity index is 3.93. The maximum absolute atomic E-state index is 10.9. The monoisotopic (exact) mass is 236 g/mol. The van der Waals surface area contributed by atoms with E-state index in [9.17, 15) is 4.79 Å². The fourth-order valence-electron chi connectivity index (χ4n) is 1.08. The number of hydrogen-bond donors (Lipinski definition) is 4. The molecule has 6 N–H and O–H groups in total. The number of carbonyl (C=O) groups is 1. The van der Waals surface area contributed by atoms with E-state index in [2.05, 4.69) is 0 Å². The van der Waals surface area contributed by atoms with Crippen molar-refractivity contribution in [3.05, 3.63) is 0 Å². The van der Waals surface area contributed by atoms with Gasteiger partial charge in [0.2, 0.25) is 5.91 Å². The van der Waals surface area contributed by atoms with Gasteiger partial charge in [-0.1, -0.05) is 6.92 Å². The van der Waals surface area contributed by atoms with E-state index in [0.29, 0.717) is 12.2 Å². The smallest absolute Gasteiger partial charge is 0.237 e. The summed E-state index contributed by atoms with van der Waals surface area (Å²) in [7, 11) is 0. The van der Waals surface area contributed by atoms with Crippen LogP contribution in [0.25, 0.3) is 0 Å². The van der Waals surface area contributed by atoms with Crippen molar-refractivity contribution in [2.75, 3.05) is 12.4 Å². The molecular weight excluding hydrogens is 216 g/mol. The molecule has 3 unspecified atom stereocenters. The number of amides is 1. The maximum Gasteiger partial charge on any atom is 0.237 e. The van der Waals surface area contributed by atoms with Gasteiger partial charge in [-0.2, -0.15) is 11.8 Å². The molecule has 0 rings (SSSR count). The van der Waals surface area contributed by atoms with Crippen LogP contribution in [0.1, 0.15) is 20.3 Å². The average molecular weight is 236 g/mol. The highest BCUT2D eigenvalue weighted by Crippen LogP contribution is 2.20. The van der Waals surface area contributed by atoms with E-state index in [0.717, 1.165) is 0 Å². The molecule has 6 heteroatoms. The van der Waals surface area contributed by atoms with Gasteiger partial charge in [0.25, 0.3) is 0 Å². The van der Waals surface area contributed by atoms with Crippen LogP contribution in [-0.2, 0) is 4.79 Å². The van der Waals surface area contributed by atoms with E-state index in [1.165, 1.54) is 11.8 Å². The maximum atomic E-state index is 10.9. The minimum Gasteiger partial charge on any atom is -0.394 e. The Morgan fingerprint density at radius 3 is 2.53 bits per heavy atom. The highest BCUT2D eigenvalue weighted by atomic mass is 32.2. The van der Waals surface area contributed by atoms with Gasteiger partial charge in [0.05, 0.1) is 18.2 Å². The molecule has 15 heavy (non-hydrogen) atoms. The number of nitrogens with two attached hydrogens (primary N) is 2. The zero-order valence-electron chi connectivity index (χ0n) is 9.14. The van der Waals surface area contributed by atoms with Crippen LogP contribution in [0.4, 0.5) is 0 Å². The largest absolute Gasteiger partial charge is 0.394 e. The van der Waals surface area contributed by atoms with Crippen LogP contribution in [-0.4, -0.2) is 45.4 Å². The van der Waals surface area contributed by atoms with Crippen LogP contribution in [0.2, 0.25) is 0 Å². The van der Waals surface area contributed by atoms with Gasteiger partial charge in [0.15, 0.2) is 0 Å². The molecule has 0 aromatic carbocycles. The van der Waals surface area contributed by atoms with Crippen molar-refractivity contribution < 1.29 is 15.0 Å². The number of aliphatic hydroxyl groups excluding tert-OH is 2. The first-order valence-electron chi connectivity index (χ1n) is 4.79. The van der Waals surface area contributed by atoms with Crippen LogP contribution in [0, 0.1) is 0 Å². The predicted octanol–water partition coefficient (Wildman–Crippen LogP) is -0.946. The molecule has 0 bridgehead atoms. The van der Waals surface area contributed by atoms with Crippen molar-refractivity contribution in [2.24, 2.45) is 11.5 Å². The molecule has 0 saturated carbocycles. The van der Waals surface area contributed by atoms with Gasteiger partial charge in [-0.3, -0.25) is 4.79 Å². The molecular formula is C9H20N2O3S. The number of rotatable bonds is 7. The Morgan fingerprint density at radius 1 is 1.60 bits per heavy atom. The van der Waals surface area contributed by atoms with E-state index in [1.807, 2.05) is 6.92 Å². The Kier molecular flexibility index (Phi) is 6.19. The van der Waals surface area contributed by atoms with E-state index in [-0.39, 0.29) is 11.9 Å². The molecule has 0 spiro atoms. The van der Waals surface area contributed by atoms with Gasteiger partial charge in [-0.05, 0) is 13.3 Å². The van der Waals surface area contributed by atoms with Gasteiger partial charge >= 0.3 is 0 Å². The SMILES string of the molecule is CC(CC(C)(N)C(N)=O)SCC(O)CO. The molecule has 0 fully saturated rings. The topological polar surface area (TPSA) is 110 Å². The minimum atomic E-state index is -1.02. The Labute approximate surface area is 94.2 Å². The second kappa shape index (κ2) is 6.32. The van der Waals surface area contributed by atoms with Crippen LogP contribution >= 0.6 is 11.8 Å². The third-order valence-corrected chi connectivity index (χ3v) is 3.37. The van der Waals surface area contributed by atoms with E-state index >= 15 is 0 Å². The predicted molar refractivity (Wildman–Crippen MR) is 61.4 cm³/mol. The normalized spacial score (nSPS) is 19.3. The molecule has 0 aromatic heterocycles. The Morgan fingerprint density at radius 2 is 2.13 bits per heavy atom. The highest BCUT2D eigenvalue weighted by molar-refractivity contribution is 7.99. The number of aliphatic hydroxyl groups is 2. The van der Waals surface area contributed by atoms with E-state index in [1.54, 1.807) is 6.92 Å². The Bertz CT molecular complexity index is 212. The summed E-state index contributed by atoms with van der Waals surface area (Å²) in [5, 5.41) is 17.8. The molecule has 0 radical (unpaired) electrons. The van der Waals surface area contributed by atoms with Gasteiger partial charge in [-0.15, -0.1) is 0 Å². The lowest BCUT2D eigenvalue weighted by Gasteiger charge is -2.24. The lowest BCUT2D eigenvalue weighted by Crippen LogP contribution is -2.50. The van der Waals surface area contributed by atoms with E-state index < -0.39 is 17.6 Å². The summed E-state index contributed by atoms with van der Waals surface area (Å²) in [6.07, 6.45) is -0.277. The summed E-state index contributed by atoms with van der Waals surface area (Å²) in [6.45, 7) is 3.24. The first-order chi connectivity index (χ1) is 6.79. The molecule has 0 aliphatic carbocycles. The van der Waals surface area contributed by atoms with Crippen molar-refractivity contribution in [3.8, 4) is 0 Å². The number of primary amides is 1. The molecule has 0 heterocycles. The van der Waals surface area contributed by atoms with Gasteiger partial charge in [-0.25, -0.2) is 0 Å². The quantitative estimate of drug-likeness (QED) is 0.456. The molecule has 0 aliphatic rings. The standard InChI is InChI=1S/C9H20N2O3S/c1-6(15-5-7(13)4-12)3-9(2,11)8(10)14/h6-7,12-13H,3-5,11H2,1-2H3,(H2,10,14). The second-order valence-corrected chi connectivity index (χ2v) is 5.44. The summed E-state index contributed by atoms with van der Waals surface area (Å²) < 4.78 is 0. The Hall–Kier alpha value is -0.300. The van der Waals surface area contributed by atoms with Gasteiger partial charge in [0.1, 0.15) is 0 Å². The molecule has 3 atom stereocenters. The molecule has 1 amide bonds. The first kappa shape index (κ1) is 14.7. The average Bonchev–Trinajstić information content (AvgIpc) is 2.13. The van der Waals surface area contributed by atoms with Crippen LogP contribution in [0.3, 0.4) is 0 Å². The molecule has 5 nitrogen and oxygen atoms in total. The fraction of sp³-hybridized carbons (Fsp3) is 0.889. The minimum absolute atomic E-state index is 0.105. The molecule has 90 valence electrons. The number of thioether (sulfide) groups is 1. The second-order valence-electron chi connectivity index (χ2n) is 3.97. The fourth-order valence-corrected chi connectivity index (χ4v) is 2.20. The summed E-state index contributed by atoms with van der Waals surface area (Å²) in [4.78, 5) is 10.9. The number of carbonyl (C=O) groups excluding carboxylic acids is 1. The summed E-state index contributed by atoms with van der Waals surface area (Å²) >= 11 is 1.46. The van der Waals surface area contributed by atoms with Crippen LogP contribution in [0.15, 0.2) is 0 Å². The van der Waals surface area contributed by atoms with E-state index in [4.69, 9.17) is 21.7 Å². The van der Waals surface area contributed by atoms with Crippen molar-refractivity contribution in [2.45, 2.75) is 37.2 Å². The molecule has 0 aromatic rings. The van der Waals surface area contributed by atoms with Crippen LogP contribution in [0.5, 0.6) is 0 Å². The number of hydrogen-bond acceptors (Lipinski definition) is 5. The van der Waals surface area contributed by atoms with Crippen molar-refractivity contribution in [3.63, 3.8) is 0 Å². The summed E-state index contributed by atoms with van der Waals surface area (Å²) in [5.74, 6) is -0.107. The van der Waals surface area contributed by atoms with Gasteiger partial charge in [0, 0.05) is 11.0 Å². The highest BCUT2D eigenvalue weighted by Gasteiger charge is 2.28. The van der Waals surface area contributed by atoms with Gasteiger partial charge < -0.3 is 21.7 Å². The zero-order chi connectivity index (χ0) is 12.1. The zero-order valence-corrected chi connectivity index (χ0v) is 9.96. The van der Waals surface area contributed by atoms with Crippen LogP contribution < -0.4 is 11.5 Å². The van der Waals surface area contributed by atoms with Crippen molar-refractivity contribution in [1.29, 1.82) is 0 Å². The third kappa shape index (κ3) is 5.99. The first-order valence-corrected chi connectivity index (χ1v) is 5.83. The molecule has 0 aliphatic heterocycles. The third-order valence-electron chi connectivity index (χ3n) is 2.06.